The van der Waals surface area contributed by atoms with Crippen LogP contribution in [0.1, 0.15) is 36.7 Å². The van der Waals surface area contributed by atoms with Gasteiger partial charge in [-0.15, -0.1) is 5.10 Å². The lowest BCUT2D eigenvalue weighted by Gasteiger charge is -2.14. The highest BCUT2D eigenvalue weighted by molar-refractivity contribution is 9.10. The number of halogens is 1. The summed E-state index contributed by atoms with van der Waals surface area (Å²) >= 11 is 4.80. The average Bonchev–Trinajstić information content (AvgIpc) is 3.09. The lowest BCUT2D eigenvalue weighted by molar-refractivity contribution is -0.113. The van der Waals surface area contributed by atoms with E-state index in [2.05, 4.69) is 50.3 Å². The molecule has 0 radical (unpaired) electrons. The largest absolute Gasteiger partial charge is 0.325 e. The van der Waals surface area contributed by atoms with Gasteiger partial charge in [0.15, 0.2) is 0 Å². The number of H-pyrrole nitrogens is 1. The summed E-state index contributed by atoms with van der Waals surface area (Å²) in [6.07, 6.45) is 0.692. The fraction of sp³-hybridized carbons (Fsp3) is 0.250. The lowest BCUT2D eigenvalue weighted by atomic mass is 10.0. The topological polar surface area (TPSA) is 70.7 Å². The molecule has 0 aliphatic rings. The van der Waals surface area contributed by atoms with Gasteiger partial charge in [0, 0.05) is 16.6 Å². The van der Waals surface area contributed by atoms with Crippen molar-refractivity contribution >= 4 is 39.3 Å². The molecule has 0 bridgehead atoms. The van der Waals surface area contributed by atoms with Gasteiger partial charge >= 0.3 is 0 Å². The molecule has 7 heteroatoms. The standard InChI is InChI=1S/C20H21BrN4OS/c1-13(2)16-11-15(21)8-9-17(16)22-19(26)12-27-20-23-18(24-25-20)10-14-6-4-3-5-7-14/h3-9,11,13H,10,12H2,1-2H3,(H,22,26)(H,23,24,25). The number of thioether (sulfide) groups is 1. The predicted molar refractivity (Wildman–Crippen MR) is 113 cm³/mol. The molecule has 1 aromatic heterocycles. The molecule has 0 spiro atoms. The van der Waals surface area contributed by atoms with E-state index in [0.717, 1.165) is 21.5 Å². The molecule has 27 heavy (non-hydrogen) atoms. The fourth-order valence-corrected chi connectivity index (χ4v) is 3.65. The molecule has 2 N–H and O–H groups in total. The van der Waals surface area contributed by atoms with Crippen LogP contribution < -0.4 is 5.32 Å². The first-order chi connectivity index (χ1) is 13.0. The van der Waals surface area contributed by atoms with Crippen LogP contribution in [0.2, 0.25) is 0 Å². The number of carbonyl (C=O) groups is 1. The molecule has 0 atom stereocenters. The second-order valence-corrected chi connectivity index (χ2v) is 8.31. The van der Waals surface area contributed by atoms with Crippen molar-refractivity contribution in [1.82, 2.24) is 15.2 Å². The number of anilines is 1. The summed E-state index contributed by atoms with van der Waals surface area (Å²) in [6, 6.07) is 16.0. The quantitative estimate of drug-likeness (QED) is 0.502. The third kappa shape index (κ3) is 5.68. The zero-order chi connectivity index (χ0) is 19.2. The van der Waals surface area contributed by atoms with Gasteiger partial charge in [0.25, 0.3) is 0 Å². The molecule has 0 fully saturated rings. The number of benzene rings is 2. The minimum absolute atomic E-state index is 0.0707. The summed E-state index contributed by atoms with van der Waals surface area (Å²) in [7, 11) is 0. The SMILES string of the molecule is CC(C)c1cc(Br)ccc1NC(=O)CSc1n[nH]c(Cc2ccccc2)n1. The molecular formula is C20H21BrN4OS. The summed E-state index contributed by atoms with van der Waals surface area (Å²) < 4.78 is 1.00. The first-order valence-corrected chi connectivity index (χ1v) is 10.5. The Hall–Kier alpha value is -2.12. The van der Waals surface area contributed by atoms with Gasteiger partial charge in [0.1, 0.15) is 5.82 Å². The number of aromatic amines is 1. The van der Waals surface area contributed by atoms with Crippen LogP contribution in [0.5, 0.6) is 0 Å². The van der Waals surface area contributed by atoms with E-state index in [9.17, 15) is 4.79 Å². The number of nitrogens with one attached hydrogen (secondary N) is 2. The van der Waals surface area contributed by atoms with Crippen LogP contribution in [0, 0.1) is 0 Å². The molecule has 1 amide bonds. The van der Waals surface area contributed by atoms with Gasteiger partial charge in [-0.2, -0.15) is 0 Å². The number of carbonyl (C=O) groups excluding carboxylic acids is 1. The van der Waals surface area contributed by atoms with Gasteiger partial charge < -0.3 is 5.32 Å². The molecule has 140 valence electrons. The zero-order valence-electron chi connectivity index (χ0n) is 15.2. The highest BCUT2D eigenvalue weighted by Crippen LogP contribution is 2.28. The first-order valence-electron chi connectivity index (χ1n) is 8.68. The number of amides is 1. The van der Waals surface area contributed by atoms with E-state index >= 15 is 0 Å². The van der Waals surface area contributed by atoms with Crippen LogP contribution in [0.4, 0.5) is 5.69 Å². The van der Waals surface area contributed by atoms with E-state index in [1.807, 2.05) is 48.5 Å². The molecular weight excluding hydrogens is 424 g/mol. The maximum atomic E-state index is 12.3. The Kier molecular flexibility index (Phi) is 6.68. The normalized spacial score (nSPS) is 11.0. The Bertz CT molecular complexity index is 911. The number of nitrogens with zero attached hydrogens (tertiary/aromatic N) is 2. The lowest BCUT2D eigenvalue weighted by Crippen LogP contribution is -2.15. The van der Waals surface area contributed by atoms with Gasteiger partial charge in [0.05, 0.1) is 5.75 Å². The molecule has 3 rings (SSSR count). The molecule has 1 heterocycles. The Morgan fingerprint density at radius 1 is 1.22 bits per heavy atom. The summed E-state index contributed by atoms with van der Waals surface area (Å²) in [5.74, 6) is 1.30. The van der Waals surface area contributed by atoms with Crippen LogP contribution in [-0.4, -0.2) is 26.8 Å². The number of hydrogen-bond donors (Lipinski definition) is 2. The fourth-order valence-electron chi connectivity index (χ4n) is 2.65. The van der Waals surface area contributed by atoms with E-state index in [0.29, 0.717) is 17.5 Å². The highest BCUT2D eigenvalue weighted by Gasteiger charge is 2.12. The maximum absolute atomic E-state index is 12.3. The average molecular weight is 445 g/mol. The summed E-state index contributed by atoms with van der Waals surface area (Å²) in [6.45, 7) is 4.21. The summed E-state index contributed by atoms with van der Waals surface area (Å²) in [5.41, 5.74) is 3.11. The van der Waals surface area contributed by atoms with Crippen molar-refractivity contribution in [1.29, 1.82) is 0 Å². The molecule has 0 aliphatic carbocycles. The van der Waals surface area contributed by atoms with Crippen molar-refractivity contribution in [3.63, 3.8) is 0 Å². The molecule has 0 saturated carbocycles. The first kappa shape index (κ1) is 19.6. The highest BCUT2D eigenvalue weighted by atomic mass is 79.9. The van der Waals surface area contributed by atoms with E-state index in [1.54, 1.807) is 0 Å². The Labute approximate surface area is 171 Å². The van der Waals surface area contributed by atoms with E-state index in [1.165, 1.54) is 17.3 Å². The van der Waals surface area contributed by atoms with Crippen molar-refractivity contribution in [3.8, 4) is 0 Å². The van der Waals surface area contributed by atoms with E-state index in [-0.39, 0.29) is 11.7 Å². The predicted octanol–water partition coefficient (Wildman–Crippen LogP) is 5.01. The second-order valence-electron chi connectivity index (χ2n) is 6.45. The summed E-state index contributed by atoms with van der Waals surface area (Å²) in [5, 5.41) is 10.7. The molecule has 5 nitrogen and oxygen atoms in total. The molecule has 2 aromatic carbocycles. The second kappa shape index (κ2) is 9.19. The minimum atomic E-state index is -0.0707. The van der Waals surface area contributed by atoms with Crippen molar-refractivity contribution in [3.05, 3.63) is 70.0 Å². The third-order valence-electron chi connectivity index (χ3n) is 3.97. The van der Waals surface area contributed by atoms with E-state index in [4.69, 9.17) is 0 Å². The van der Waals surface area contributed by atoms with E-state index < -0.39 is 0 Å². The number of hydrogen-bond acceptors (Lipinski definition) is 4. The van der Waals surface area contributed by atoms with Crippen LogP contribution in [0.15, 0.2) is 58.2 Å². The monoisotopic (exact) mass is 444 g/mol. The van der Waals surface area contributed by atoms with Gasteiger partial charge in [0.2, 0.25) is 11.1 Å². The van der Waals surface area contributed by atoms with Crippen LogP contribution in [0.3, 0.4) is 0 Å². The molecule has 0 unspecified atom stereocenters. The number of aromatic nitrogens is 3. The van der Waals surface area contributed by atoms with Crippen LogP contribution in [0.25, 0.3) is 0 Å². The molecule has 0 aliphatic heterocycles. The van der Waals surface area contributed by atoms with Crippen molar-refractivity contribution < 1.29 is 4.79 Å². The minimum Gasteiger partial charge on any atom is -0.325 e. The van der Waals surface area contributed by atoms with Gasteiger partial charge in [-0.1, -0.05) is 71.9 Å². The molecule has 3 aromatic rings. The third-order valence-corrected chi connectivity index (χ3v) is 5.31. The smallest absolute Gasteiger partial charge is 0.234 e. The molecule has 0 saturated heterocycles. The van der Waals surface area contributed by atoms with Gasteiger partial charge in [-0.25, -0.2) is 4.98 Å². The van der Waals surface area contributed by atoms with Crippen molar-refractivity contribution in [2.24, 2.45) is 0 Å². The van der Waals surface area contributed by atoms with Gasteiger partial charge in [-0.3, -0.25) is 9.89 Å². The Morgan fingerprint density at radius 2 is 2.00 bits per heavy atom. The van der Waals surface area contributed by atoms with Crippen LogP contribution in [-0.2, 0) is 11.2 Å². The van der Waals surface area contributed by atoms with Crippen LogP contribution >= 0.6 is 27.7 Å². The Morgan fingerprint density at radius 3 is 2.74 bits per heavy atom. The Balaban J connectivity index is 1.56. The van der Waals surface area contributed by atoms with Crippen molar-refractivity contribution in [2.45, 2.75) is 31.3 Å². The number of rotatable bonds is 7. The zero-order valence-corrected chi connectivity index (χ0v) is 17.6. The van der Waals surface area contributed by atoms with Gasteiger partial charge in [-0.05, 0) is 35.2 Å². The summed E-state index contributed by atoms with van der Waals surface area (Å²) in [4.78, 5) is 16.8. The maximum Gasteiger partial charge on any atom is 0.234 e. The van der Waals surface area contributed by atoms with Crippen molar-refractivity contribution in [2.75, 3.05) is 11.1 Å².